The highest BCUT2D eigenvalue weighted by Gasteiger charge is 2.27. The number of hydrogen-bond acceptors (Lipinski definition) is 6. The van der Waals surface area contributed by atoms with E-state index in [2.05, 4.69) is 20.7 Å². The molecular weight excluding hydrogens is 396 g/mol. The van der Waals surface area contributed by atoms with Gasteiger partial charge in [0.25, 0.3) is 5.91 Å². The van der Waals surface area contributed by atoms with Crippen LogP contribution in [0.15, 0.2) is 34.0 Å². The van der Waals surface area contributed by atoms with Crippen molar-refractivity contribution in [3.05, 3.63) is 40.6 Å². The van der Waals surface area contributed by atoms with E-state index in [0.29, 0.717) is 12.2 Å². The standard InChI is InChI=1S/C18H24N6O4S/c25-17(12-24-18(26)23-11-3-1-2-4-16(23)21-24)20-19-13-7-9-15(10-8-13)29(27,28)22-14-5-6-14/h7-10,14,19,22H,1-6,11-12H2,(H,20,25). The van der Waals surface area contributed by atoms with E-state index in [1.165, 1.54) is 16.8 Å². The van der Waals surface area contributed by atoms with Crippen molar-refractivity contribution in [1.82, 2.24) is 24.5 Å². The molecule has 29 heavy (non-hydrogen) atoms. The van der Waals surface area contributed by atoms with Crippen LogP contribution in [-0.4, -0.2) is 34.7 Å². The van der Waals surface area contributed by atoms with E-state index in [-0.39, 0.29) is 23.2 Å². The first kappa shape index (κ1) is 19.6. The minimum atomic E-state index is -3.51. The Hall–Kier alpha value is -2.66. The fraction of sp³-hybridized carbons (Fsp3) is 0.500. The Morgan fingerprint density at radius 1 is 1.14 bits per heavy atom. The van der Waals surface area contributed by atoms with Crippen LogP contribution in [0.5, 0.6) is 0 Å². The van der Waals surface area contributed by atoms with Gasteiger partial charge in [-0.3, -0.25) is 20.2 Å². The number of nitrogens with one attached hydrogen (secondary N) is 3. The second-order valence-corrected chi connectivity index (χ2v) is 9.13. The number of benzene rings is 1. The molecule has 1 aromatic heterocycles. The molecule has 1 aromatic carbocycles. The predicted octanol–water partition coefficient (Wildman–Crippen LogP) is 0.355. The number of fused-ring (bicyclic) bond motifs is 1. The van der Waals surface area contributed by atoms with Crippen molar-refractivity contribution >= 4 is 21.6 Å². The van der Waals surface area contributed by atoms with Gasteiger partial charge in [-0.1, -0.05) is 6.42 Å². The molecule has 156 valence electrons. The third kappa shape index (κ3) is 4.67. The Labute approximate surface area is 168 Å². The van der Waals surface area contributed by atoms with E-state index in [4.69, 9.17) is 0 Å². The second-order valence-electron chi connectivity index (χ2n) is 7.41. The van der Waals surface area contributed by atoms with Crippen molar-refractivity contribution in [2.75, 3.05) is 5.43 Å². The van der Waals surface area contributed by atoms with Crippen molar-refractivity contribution < 1.29 is 13.2 Å². The maximum Gasteiger partial charge on any atom is 0.346 e. The Morgan fingerprint density at radius 2 is 1.90 bits per heavy atom. The average Bonchev–Trinajstić information content (AvgIpc) is 3.49. The molecule has 1 saturated carbocycles. The predicted molar refractivity (Wildman–Crippen MR) is 106 cm³/mol. The molecule has 2 heterocycles. The molecule has 2 aromatic rings. The third-order valence-corrected chi connectivity index (χ3v) is 6.52. The lowest BCUT2D eigenvalue weighted by atomic mass is 10.2. The van der Waals surface area contributed by atoms with Crippen LogP contribution in [0.1, 0.15) is 37.9 Å². The number of rotatable bonds is 7. The van der Waals surface area contributed by atoms with Crippen LogP contribution < -0.4 is 21.3 Å². The van der Waals surface area contributed by atoms with Crippen LogP contribution in [0, 0.1) is 0 Å². The highest BCUT2D eigenvalue weighted by molar-refractivity contribution is 7.89. The fourth-order valence-electron chi connectivity index (χ4n) is 3.25. The number of anilines is 1. The number of amides is 1. The molecule has 0 unspecified atom stereocenters. The summed E-state index contributed by atoms with van der Waals surface area (Å²) >= 11 is 0. The fourth-order valence-corrected chi connectivity index (χ4v) is 4.56. The largest absolute Gasteiger partial charge is 0.346 e. The summed E-state index contributed by atoms with van der Waals surface area (Å²) in [6.07, 6.45) is 5.48. The molecule has 0 radical (unpaired) electrons. The van der Waals surface area contributed by atoms with Crippen LogP contribution in [0.2, 0.25) is 0 Å². The summed E-state index contributed by atoms with van der Waals surface area (Å²) in [4.78, 5) is 24.7. The molecule has 1 aliphatic heterocycles. The molecule has 1 fully saturated rings. The van der Waals surface area contributed by atoms with Crippen LogP contribution >= 0.6 is 0 Å². The minimum absolute atomic E-state index is 0.0403. The molecular formula is C18H24N6O4S. The van der Waals surface area contributed by atoms with E-state index in [1.54, 1.807) is 16.7 Å². The van der Waals surface area contributed by atoms with Gasteiger partial charge in [0, 0.05) is 19.0 Å². The SMILES string of the molecule is O=C(Cn1nc2n(c1=O)CCCCC2)NNc1ccc(S(=O)(=O)NC2CC2)cc1. The summed E-state index contributed by atoms with van der Waals surface area (Å²) in [7, 11) is -3.51. The number of sulfonamides is 1. The van der Waals surface area contributed by atoms with Crippen molar-refractivity contribution in [2.24, 2.45) is 0 Å². The molecule has 1 aliphatic carbocycles. The van der Waals surface area contributed by atoms with Crippen molar-refractivity contribution in [2.45, 2.75) is 62.6 Å². The number of aromatic nitrogens is 3. The van der Waals surface area contributed by atoms with E-state index in [0.717, 1.165) is 44.3 Å². The first-order chi connectivity index (χ1) is 13.9. The van der Waals surface area contributed by atoms with Gasteiger partial charge < -0.3 is 0 Å². The van der Waals surface area contributed by atoms with Crippen LogP contribution in [0.3, 0.4) is 0 Å². The molecule has 10 nitrogen and oxygen atoms in total. The quantitative estimate of drug-likeness (QED) is 0.555. The van der Waals surface area contributed by atoms with Gasteiger partial charge in [0.05, 0.1) is 10.6 Å². The monoisotopic (exact) mass is 420 g/mol. The van der Waals surface area contributed by atoms with Crippen molar-refractivity contribution in [3.8, 4) is 0 Å². The maximum absolute atomic E-state index is 12.4. The second kappa shape index (κ2) is 7.99. The summed E-state index contributed by atoms with van der Waals surface area (Å²) in [5, 5.41) is 4.28. The molecule has 1 amide bonds. The summed E-state index contributed by atoms with van der Waals surface area (Å²) in [5.74, 6) is 0.303. The van der Waals surface area contributed by atoms with Gasteiger partial charge in [-0.2, -0.15) is 5.10 Å². The molecule has 0 saturated heterocycles. The minimum Gasteiger partial charge on any atom is -0.299 e. The van der Waals surface area contributed by atoms with Crippen LogP contribution in [0.4, 0.5) is 5.69 Å². The number of hydrogen-bond donors (Lipinski definition) is 3. The van der Waals surface area contributed by atoms with E-state index >= 15 is 0 Å². The third-order valence-electron chi connectivity index (χ3n) is 4.98. The highest BCUT2D eigenvalue weighted by atomic mass is 32.2. The first-order valence-corrected chi connectivity index (χ1v) is 11.2. The van der Waals surface area contributed by atoms with Gasteiger partial charge in [-0.25, -0.2) is 22.6 Å². The van der Waals surface area contributed by atoms with Crippen molar-refractivity contribution in [1.29, 1.82) is 0 Å². The van der Waals surface area contributed by atoms with E-state index < -0.39 is 15.9 Å². The zero-order chi connectivity index (χ0) is 20.4. The molecule has 11 heteroatoms. The van der Waals surface area contributed by atoms with Gasteiger partial charge in [0.15, 0.2) is 0 Å². The molecule has 0 spiro atoms. The number of carbonyl (C=O) groups is 1. The van der Waals surface area contributed by atoms with Gasteiger partial charge in [0.1, 0.15) is 12.4 Å². The smallest absolute Gasteiger partial charge is 0.299 e. The van der Waals surface area contributed by atoms with E-state index in [9.17, 15) is 18.0 Å². The highest BCUT2D eigenvalue weighted by Crippen LogP contribution is 2.22. The molecule has 0 bridgehead atoms. The molecule has 4 rings (SSSR count). The van der Waals surface area contributed by atoms with Crippen LogP contribution in [-0.2, 0) is 34.3 Å². The zero-order valence-corrected chi connectivity index (χ0v) is 16.7. The molecule has 2 aliphatic rings. The first-order valence-electron chi connectivity index (χ1n) is 9.76. The number of nitrogens with zero attached hydrogens (tertiary/aromatic N) is 3. The van der Waals surface area contributed by atoms with Gasteiger partial charge in [-0.15, -0.1) is 0 Å². The Morgan fingerprint density at radius 3 is 2.62 bits per heavy atom. The summed E-state index contributed by atoms with van der Waals surface area (Å²) in [6.45, 7) is 0.447. The lowest BCUT2D eigenvalue weighted by Gasteiger charge is -2.10. The summed E-state index contributed by atoms with van der Waals surface area (Å²) in [6, 6.07) is 6.10. The molecule has 3 N–H and O–H groups in total. The Balaban J connectivity index is 1.33. The summed E-state index contributed by atoms with van der Waals surface area (Å²) in [5.41, 5.74) is 5.48. The summed E-state index contributed by atoms with van der Waals surface area (Å²) < 4.78 is 29.7. The lowest BCUT2D eigenvalue weighted by molar-refractivity contribution is -0.121. The zero-order valence-electron chi connectivity index (χ0n) is 15.9. The topological polar surface area (TPSA) is 127 Å². The van der Waals surface area contributed by atoms with Crippen molar-refractivity contribution in [3.63, 3.8) is 0 Å². The number of carbonyl (C=O) groups excluding carboxylic acids is 1. The van der Waals surface area contributed by atoms with Gasteiger partial charge >= 0.3 is 5.69 Å². The maximum atomic E-state index is 12.4. The number of hydrazine groups is 1. The van der Waals surface area contributed by atoms with Gasteiger partial charge in [-0.05, 0) is 49.9 Å². The van der Waals surface area contributed by atoms with Crippen LogP contribution in [0.25, 0.3) is 0 Å². The normalized spacial score (nSPS) is 16.7. The lowest BCUT2D eigenvalue weighted by Crippen LogP contribution is -2.36. The average molecular weight is 420 g/mol. The van der Waals surface area contributed by atoms with Gasteiger partial charge in [0.2, 0.25) is 10.0 Å². The number of aryl methyl sites for hydroxylation is 1. The van der Waals surface area contributed by atoms with E-state index in [1.807, 2.05) is 0 Å². The Bertz CT molecular complexity index is 1050. The Kier molecular flexibility index (Phi) is 5.41. The molecule has 0 atom stereocenters.